The van der Waals surface area contributed by atoms with Gasteiger partial charge in [-0.2, -0.15) is 0 Å². The summed E-state index contributed by atoms with van der Waals surface area (Å²) in [6, 6.07) is 18.6. The number of ketones is 1. The highest BCUT2D eigenvalue weighted by atomic mass is 16.5. The third-order valence-electron chi connectivity index (χ3n) is 7.35. The highest BCUT2D eigenvalue weighted by molar-refractivity contribution is 6.11. The minimum absolute atomic E-state index is 0.343. The molecule has 0 unspecified atom stereocenters. The largest absolute Gasteiger partial charge is 0.495 e. The Hall–Kier alpha value is -4.57. The summed E-state index contributed by atoms with van der Waals surface area (Å²) >= 11 is 0. The predicted octanol–water partition coefficient (Wildman–Crippen LogP) is 4.04. The van der Waals surface area contributed by atoms with E-state index in [2.05, 4.69) is 10.6 Å². The van der Waals surface area contributed by atoms with Gasteiger partial charge in [0, 0.05) is 12.3 Å². The van der Waals surface area contributed by atoms with Crippen LogP contribution in [0.15, 0.2) is 66.7 Å². The molecule has 2 amide bonds. The van der Waals surface area contributed by atoms with E-state index in [0.29, 0.717) is 39.9 Å². The summed E-state index contributed by atoms with van der Waals surface area (Å²) < 4.78 is 21.6. The first kappa shape index (κ1) is 29.4. The molecule has 0 aliphatic heterocycles. The van der Waals surface area contributed by atoms with Crippen LogP contribution in [0.4, 0.5) is 11.4 Å². The van der Waals surface area contributed by atoms with Crippen LogP contribution in [0.2, 0.25) is 0 Å². The number of rotatable bonds is 9. The molecule has 216 valence electrons. The van der Waals surface area contributed by atoms with Crippen LogP contribution in [0.3, 0.4) is 0 Å². The Morgan fingerprint density at radius 3 is 1.80 bits per heavy atom. The van der Waals surface area contributed by atoms with E-state index in [1.807, 2.05) is 0 Å². The van der Waals surface area contributed by atoms with E-state index in [1.165, 1.54) is 35.4 Å². The Kier molecular flexibility index (Phi) is 8.83. The number of carbonyl (C=O) groups is 3. The molecule has 0 bridgehead atoms. The van der Waals surface area contributed by atoms with Gasteiger partial charge in [0.15, 0.2) is 11.5 Å². The lowest BCUT2D eigenvalue weighted by atomic mass is 9.61. The summed E-state index contributed by atoms with van der Waals surface area (Å²) in [7, 11) is 5.89. The SMILES string of the molecule is COc1ccccc1NC(=O)[C@@H]1C(=O)C[C@](C)(O)[C@H](C(=O)Nc2ccccc2OC)[C@H]1c1ccc(OC)c(OC)c1. The zero-order valence-electron chi connectivity index (χ0n) is 23.6. The van der Waals surface area contributed by atoms with Crippen molar-refractivity contribution in [3.8, 4) is 23.0 Å². The molecule has 1 aliphatic rings. The second-order valence-corrected chi connectivity index (χ2v) is 9.97. The van der Waals surface area contributed by atoms with Crippen LogP contribution in [0.5, 0.6) is 23.0 Å². The van der Waals surface area contributed by atoms with Gasteiger partial charge in [-0.15, -0.1) is 0 Å². The van der Waals surface area contributed by atoms with E-state index in [9.17, 15) is 19.5 Å². The standard InChI is InChI=1S/C31H34N2O8/c1-31(37)17-21(34)27(29(35)32-19-10-6-8-12-22(19)38-2)26(18-14-15-24(40-4)25(16-18)41-5)28(31)30(36)33-20-11-7-9-13-23(20)39-3/h6-16,26-28,37H,17H2,1-5H3,(H,32,35)(H,33,36)/t26-,27+,28-,31-/m0/s1. The number of ether oxygens (including phenoxy) is 4. The number of aliphatic hydroxyl groups is 1. The van der Waals surface area contributed by atoms with Crippen molar-refractivity contribution in [3.05, 3.63) is 72.3 Å². The second kappa shape index (κ2) is 12.3. The molecule has 41 heavy (non-hydrogen) atoms. The average Bonchev–Trinajstić information content (AvgIpc) is 2.96. The molecule has 1 saturated carbocycles. The van der Waals surface area contributed by atoms with Gasteiger partial charge in [-0.1, -0.05) is 30.3 Å². The number of hydrogen-bond donors (Lipinski definition) is 3. The van der Waals surface area contributed by atoms with E-state index < -0.39 is 47.4 Å². The smallest absolute Gasteiger partial charge is 0.235 e. The topological polar surface area (TPSA) is 132 Å². The molecule has 0 heterocycles. The minimum atomic E-state index is -1.79. The van der Waals surface area contributed by atoms with Crippen LogP contribution in [-0.4, -0.2) is 56.7 Å². The number of para-hydroxylation sites is 4. The number of amides is 2. The van der Waals surface area contributed by atoms with E-state index >= 15 is 0 Å². The summed E-state index contributed by atoms with van der Waals surface area (Å²) in [5, 5.41) is 17.2. The van der Waals surface area contributed by atoms with E-state index in [-0.39, 0.29) is 0 Å². The minimum Gasteiger partial charge on any atom is -0.495 e. The molecule has 1 fully saturated rings. The molecule has 0 aromatic heterocycles. The van der Waals surface area contributed by atoms with Crippen LogP contribution in [0.25, 0.3) is 0 Å². The Morgan fingerprint density at radius 1 is 0.756 bits per heavy atom. The number of hydrogen-bond acceptors (Lipinski definition) is 8. The van der Waals surface area contributed by atoms with E-state index in [4.69, 9.17) is 18.9 Å². The maximum atomic E-state index is 14.0. The molecular weight excluding hydrogens is 528 g/mol. The molecule has 0 spiro atoms. The van der Waals surface area contributed by atoms with Crippen LogP contribution in [0.1, 0.15) is 24.8 Å². The first-order valence-electron chi connectivity index (χ1n) is 13.0. The van der Waals surface area contributed by atoms with E-state index in [1.54, 1.807) is 66.7 Å². The molecule has 3 aromatic carbocycles. The normalized spacial score (nSPS) is 21.9. The molecule has 3 aromatic rings. The fraction of sp³-hybridized carbons (Fsp3) is 0.323. The van der Waals surface area contributed by atoms with Crippen molar-refractivity contribution in [2.45, 2.75) is 24.9 Å². The Balaban J connectivity index is 1.84. The van der Waals surface area contributed by atoms with Crippen molar-refractivity contribution >= 4 is 29.0 Å². The van der Waals surface area contributed by atoms with Crippen molar-refractivity contribution in [2.24, 2.45) is 11.8 Å². The van der Waals surface area contributed by atoms with Gasteiger partial charge in [0.05, 0.1) is 51.3 Å². The first-order chi connectivity index (χ1) is 19.6. The first-order valence-corrected chi connectivity index (χ1v) is 13.0. The predicted molar refractivity (Wildman–Crippen MR) is 153 cm³/mol. The molecule has 10 nitrogen and oxygen atoms in total. The number of benzene rings is 3. The zero-order chi connectivity index (χ0) is 29.7. The Morgan fingerprint density at radius 2 is 1.27 bits per heavy atom. The van der Waals surface area contributed by atoms with Gasteiger partial charge in [0.2, 0.25) is 11.8 Å². The molecule has 10 heteroatoms. The fourth-order valence-corrected chi connectivity index (χ4v) is 5.47. The van der Waals surface area contributed by atoms with Crippen LogP contribution < -0.4 is 29.6 Å². The average molecular weight is 563 g/mol. The number of methoxy groups -OCH3 is 4. The lowest BCUT2D eigenvalue weighted by Crippen LogP contribution is -2.56. The fourth-order valence-electron chi connectivity index (χ4n) is 5.47. The number of anilines is 2. The molecule has 0 saturated heterocycles. The highest BCUT2D eigenvalue weighted by Gasteiger charge is 2.56. The van der Waals surface area contributed by atoms with Crippen molar-refractivity contribution in [2.75, 3.05) is 39.1 Å². The summed E-state index contributed by atoms with van der Waals surface area (Å²) in [6.45, 7) is 1.43. The molecule has 4 rings (SSSR count). The monoisotopic (exact) mass is 562 g/mol. The van der Waals surface area contributed by atoms with Gasteiger partial charge in [0.25, 0.3) is 0 Å². The van der Waals surface area contributed by atoms with Gasteiger partial charge >= 0.3 is 0 Å². The summed E-state index contributed by atoms with van der Waals surface area (Å²) in [5.41, 5.74) is -0.598. The van der Waals surface area contributed by atoms with Gasteiger partial charge in [-0.3, -0.25) is 14.4 Å². The lowest BCUT2D eigenvalue weighted by Gasteiger charge is -2.44. The third-order valence-corrected chi connectivity index (χ3v) is 7.35. The van der Waals surface area contributed by atoms with Gasteiger partial charge in [0.1, 0.15) is 23.2 Å². The van der Waals surface area contributed by atoms with Crippen molar-refractivity contribution in [1.29, 1.82) is 0 Å². The number of carbonyl (C=O) groups excluding carboxylic acids is 3. The van der Waals surface area contributed by atoms with E-state index in [0.717, 1.165) is 0 Å². The van der Waals surface area contributed by atoms with Crippen LogP contribution >= 0.6 is 0 Å². The highest BCUT2D eigenvalue weighted by Crippen LogP contribution is 2.48. The second-order valence-electron chi connectivity index (χ2n) is 9.97. The lowest BCUT2D eigenvalue weighted by molar-refractivity contribution is -0.150. The molecule has 3 N–H and O–H groups in total. The van der Waals surface area contributed by atoms with Gasteiger partial charge in [-0.05, 0) is 48.9 Å². The van der Waals surface area contributed by atoms with Crippen LogP contribution in [0, 0.1) is 11.8 Å². The summed E-state index contributed by atoms with van der Waals surface area (Å²) in [4.78, 5) is 41.5. The van der Waals surface area contributed by atoms with Crippen LogP contribution in [-0.2, 0) is 14.4 Å². The Bertz CT molecular complexity index is 1440. The third kappa shape index (κ3) is 5.97. The maximum absolute atomic E-state index is 14.0. The van der Waals surface area contributed by atoms with Crippen molar-refractivity contribution in [1.82, 2.24) is 0 Å². The molecule has 1 aliphatic carbocycles. The molecule has 4 atom stereocenters. The summed E-state index contributed by atoms with van der Waals surface area (Å²) in [6.07, 6.45) is -0.412. The zero-order valence-corrected chi connectivity index (χ0v) is 23.6. The maximum Gasteiger partial charge on any atom is 0.235 e. The number of Topliss-reactive ketones (excluding diaryl/α,β-unsaturated/α-hetero) is 1. The van der Waals surface area contributed by atoms with Gasteiger partial charge in [-0.25, -0.2) is 0 Å². The summed E-state index contributed by atoms with van der Waals surface area (Å²) in [5.74, 6) is -3.76. The number of nitrogens with one attached hydrogen (secondary N) is 2. The van der Waals surface area contributed by atoms with Crippen molar-refractivity contribution in [3.63, 3.8) is 0 Å². The molecule has 0 radical (unpaired) electrons. The Labute approximate surface area is 238 Å². The van der Waals surface area contributed by atoms with Gasteiger partial charge < -0.3 is 34.7 Å². The van der Waals surface area contributed by atoms with Crippen molar-refractivity contribution < 1.29 is 38.4 Å². The molecular formula is C31H34N2O8. The quantitative estimate of drug-likeness (QED) is 0.333.